The molecule has 0 bridgehead atoms. The maximum atomic E-state index is 13.6. The molecule has 1 aliphatic heterocycles. The first kappa shape index (κ1) is 15.5. The van der Waals surface area contributed by atoms with Crippen molar-refractivity contribution >= 4 is 29.6 Å². The summed E-state index contributed by atoms with van der Waals surface area (Å²) in [4.78, 5) is 24.5. The Bertz CT molecular complexity index is 568. The van der Waals surface area contributed by atoms with E-state index in [9.17, 15) is 14.0 Å². The van der Waals surface area contributed by atoms with E-state index in [1.807, 2.05) is 0 Å². The van der Waals surface area contributed by atoms with Gasteiger partial charge in [-0.25, -0.2) is 4.39 Å². The van der Waals surface area contributed by atoms with E-state index >= 15 is 0 Å². The van der Waals surface area contributed by atoms with E-state index in [1.165, 1.54) is 35.3 Å². The lowest BCUT2D eigenvalue weighted by atomic mass is 9.98. The van der Waals surface area contributed by atoms with Gasteiger partial charge >= 0.3 is 5.97 Å². The van der Waals surface area contributed by atoms with Gasteiger partial charge in [0.05, 0.1) is 10.9 Å². The molecular formula is C15H15ClFNO3. The fourth-order valence-corrected chi connectivity index (χ4v) is 2.53. The first-order valence-electron chi connectivity index (χ1n) is 6.63. The van der Waals surface area contributed by atoms with Crippen LogP contribution in [0.4, 0.5) is 4.39 Å². The summed E-state index contributed by atoms with van der Waals surface area (Å²) in [6, 6.07) is 4.28. The van der Waals surface area contributed by atoms with Crippen molar-refractivity contribution in [2.75, 3.05) is 13.1 Å². The summed E-state index contributed by atoms with van der Waals surface area (Å²) in [5.41, 5.74) is 0.152. The van der Waals surface area contributed by atoms with Gasteiger partial charge in [0, 0.05) is 24.7 Å². The molecule has 1 aromatic rings. The van der Waals surface area contributed by atoms with Crippen molar-refractivity contribution < 1.29 is 19.1 Å². The zero-order valence-electron chi connectivity index (χ0n) is 11.3. The number of hydrogen-bond donors (Lipinski definition) is 1. The smallest absolute Gasteiger partial charge is 0.308 e. The highest BCUT2D eigenvalue weighted by Gasteiger charge is 2.27. The van der Waals surface area contributed by atoms with Crippen molar-refractivity contribution in [2.45, 2.75) is 12.8 Å². The number of carboxylic acid groups (broad SMARTS) is 1. The van der Waals surface area contributed by atoms with E-state index in [0.29, 0.717) is 19.4 Å². The lowest BCUT2D eigenvalue weighted by molar-refractivity contribution is -0.144. The Labute approximate surface area is 126 Å². The van der Waals surface area contributed by atoms with Crippen molar-refractivity contribution in [1.29, 1.82) is 0 Å². The monoisotopic (exact) mass is 311 g/mol. The number of piperidine rings is 1. The fourth-order valence-electron chi connectivity index (χ4n) is 2.31. The molecule has 21 heavy (non-hydrogen) atoms. The molecule has 0 radical (unpaired) electrons. The molecule has 6 heteroatoms. The molecule has 112 valence electrons. The van der Waals surface area contributed by atoms with Gasteiger partial charge in [0.25, 0.3) is 0 Å². The highest BCUT2D eigenvalue weighted by Crippen LogP contribution is 2.21. The first-order chi connectivity index (χ1) is 9.99. The molecule has 0 aromatic heterocycles. The Morgan fingerprint density at radius 1 is 1.43 bits per heavy atom. The van der Waals surface area contributed by atoms with Crippen LogP contribution in [0.3, 0.4) is 0 Å². The Morgan fingerprint density at radius 2 is 2.19 bits per heavy atom. The van der Waals surface area contributed by atoms with E-state index in [0.717, 1.165) is 0 Å². The van der Waals surface area contributed by atoms with Crippen LogP contribution in [0.5, 0.6) is 0 Å². The molecule has 1 heterocycles. The van der Waals surface area contributed by atoms with Gasteiger partial charge in [0.1, 0.15) is 5.82 Å². The largest absolute Gasteiger partial charge is 0.481 e. The number of benzene rings is 1. The van der Waals surface area contributed by atoms with Crippen molar-refractivity contribution in [3.8, 4) is 0 Å². The van der Waals surface area contributed by atoms with Crippen molar-refractivity contribution in [3.05, 3.63) is 40.7 Å². The molecule has 1 saturated heterocycles. The van der Waals surface area contributed by atoms with Gasteiger partial charge in [0.2, 0.25) is 5.91 Å². The summed E-state index contributed by atoms with van der Waals surface area (Å²) < 4.78 is 13.6. The topological polar surface area (TPSA) is 57.6 Å². The zero-order valence-corrected chi connectivity index (χ0v) is 12.0. The maximum Gasteiger partial charge on any atom is 0.308 e. The van der Waals surface area contributed by atoms with Crippen LogP contribution in [0.25, 0.3) is 6.08 Å². The number of nitrogens with zero attached hydrogens (tertiary/aromatic N) is 1. The van der Waals surface area contributed by atoms with Gasteiger partial charge in [-0.15, -0.1) is 0 Å². The van der Waals surface area contributed by atoms with Crippen LogP contribution in [-0.4, -0.2) is 35.0 Å². The number of likely N-dealkylation sites (tertiary alicyclic amines) is 1. The minimum absolute atomic E-state index is 0.152. The van der Waals surface area contributed by atoms with E-state index in [2.05, 4.69) is 0 Å². The number of amides is 1. The van der Waals surface area contributed by atoms with Crippen LogP contribution in [-0.2, 0) is 9.59 Å². The third-order valence-electron chi connectivity index (χ3n) is 3.47. The van der Waals surface area contributed by atoms with Crippen molar-refractivity contribution in [2.24, 2.45) is 5.92 Å². The average Bonchev–Trinajstić information content (AvgIpc) is 2.46. The molecule has 1 atom stereocenters. The summed E-state index contributed by atoms with van der Waals surface area (Å²) in [7, 11) is 0. The van der Waals surface area contributed by atoms with Crippen LogP contribution >= 0.6 is 11.6 Å². The summed E-state index contributed by atoms with van der Waals surface area (Å²) in [6.07, 6.45) is 3.78. The Morgan fingerprint density at radius 3 is 2.86 bits per heavy atom. The number of carbonyl (C=O) groups excluding carboxylic acids is 1. The molecule has 1 N–H and O–H groups in total. The lowest BCUT2D eigenvalue weighted by Crippen LogP contribution is -2.41. The summed E-state index contributed by atoms with van der Waals surface area (Å²) in [5.74, 6) is -2.27. The van der Waals surface area contributed by atoms with Crippen LogP contribution in [0.2, 0.25) is 5.02 Å². The van der Waals surface area contributed by atoms with Crippen LogP contribution in [0.1, 0.15) is 18.4 Å². The van der Waals surface area contributed by atoms with Gasteiger partial charge in [-0.05, 0) is 31.1 Å². The normalized spacial score (nSPS) is 19.0. The van der Waals surface area contributed by atoms with Gasteiger partial charge in [-0.3, -0.25) is 9.59 Å². The van der Waals surface area contributed by atoms with Gasteiger partial charge in [0.15, 0.2) is 0 Å². The second-order valence-corrected chi connectivity index (χ2v) is 5.34. The van der Waals surface area contributed by atoms with Crippen LogP contribution < -0.4 is 0 Å². The standard InChI is InChI=1S/C15H15ClFNO3/c16-12-4-1-5-13(17)11(12)6-7-14(19)18-8-2-3-10(9-18)15(20)21/h1,4-7,10H,2-3,8-9H2,(H,20,21)/b7-6+/t10-/m1/s1. The van der Waals surface area contributed by atoms with E-state index in [4.69, 9.17) is 16.7 Å². The quantitative estimate of drug-likeness (QED) is 0.873. The number of carbonyl (C=O) groups is 2. The predicted octanol–water partition coefficient (Wildman–Crippen LogP) is 2.82. The Balaban J connectivity index is 2.07. The second-order valence-electron chi connectivity index (χ2n) is 4.93. The molecule has 4 nitrogen and oxygen atoms in total. The van der Waals surface area contributed by atoms with Gasteiger partial charge < -0.3 is 10.0 Å². The first-order valence-corrected chi connectivity index (χ1v) is 7.00. The molecule has 1 amide bonds. The van der Waals surface area contributed by atoms with E-state index in [1.54, 1.807) is 0 Å². The fraction of sp³-hybridized carbons (Fsp3) is 0.333. The van der Waals surface area contributed by atoms with Gasteiger partial charge in [-0.1, -0.05) is 17.7 Å². The second kappa shape index (κ2) is 6.72. The summed E-state index contributed by atoms with van der Waals surface area (Å²) in [5, 5.41) is 9.22. The molecule has 2 rings (SSSR count). The van der Waals surface area contributed by atoms with E-state index < -0.39 is 17.7 Å². The minimum atomic E-state index is -0.895. The Hall–Kier alpha value is -1.88. The minimum Gasteiger partial charge on any atom is -0.481 e. The molecule has 0 saturated carbocycles. The third-order valence-corrected chi connectivity index (χ3v) is 3.80. The third kappa shape index (κ3) is 3.82. The number of halogens is 2. The molecule has 1 fully saturated rings. The zero-order chi connectivity index (χ0) is 15.4. The SMILES string of the molecule is O=C(O)[C@@H]1CCCN(C(=O)/C=C/c2c(F)cccc2Cl)C1. The molecule has 0 unspecified atom stereocenters. The maximum absolute atomic E-state index is 13.6. The highest BCUT2D eigenvalue weighted by molar-refractivity contribution is 6.32. The number of aliphatic carboxylic acids is 1. The molecule has 0 spiro atoms. The summed E-state index contributed by atoms with van der Waals surface area (Å²) >= 11 is 5.87. The van der Waals surface area contributed by atoms with Crippen molar-refractivity contribution in [3.63, 3.8) is 0 Å². The van der Waals surface area contributed by atoms with E-state index in [-0.39, 0.29) is 23.0 Å². The highest BCUT2D eigenvalue weighted by atomic mass is 35.5. The lowest BCUT2D eigenvalue weighted by Gasteiger charge is -2.29. The number of rotatable bonds is 3. The molecule has 1 aliphatic rings. The Kier molecular flexibility index (Phi) is 4.96. The molecule has 0 aliphatic carbocycles. The van der Waals surface area contributed by atoms with Crippen molar-refractivity contribution in [1.82, 2.24) is 4.90 Å². The number of carboxylic acids is 1. The van der Waals surface area contributed by atoms with Gasteiger partial charge in [-0.2, -0.15) is 0 Å². The van der Waals surface area contributed by atoms with Crippen LogP contribution in [0, 0.1) is 11.7 Å². The summed E-state index contributed by atoms with van der Waals surface area (Å²) in [6.45, 7) is 0.696. The van der Waals surface area contributed by atoms with Crippen LogP contribution in [0.15, 0.2) is 24.3 Å². The molecule has 1 aromatic carbocycles. The number of hydrogen-bond acceptors (Lipinski definition) is 2. The average molecular weight is 312 g/mol. The predicted molar refractivity (Wildman–Crippen MR) is 77.4 cm³/mol. The molecular weight excluding hydrogens is 297 g/mol.